The minimum Gasteiger partial charge on any atom is -0.465 e. The van der Waals surface area contributed by atoms with Crippen LogP contribution < -0.4 is 5.73 Å². The molecule has 2 amide bonds. The first-order valence-corrected chi connectivity index (χ1v) is 9.53. The van der Waals surface area contributed by atoms with Crippen LogP contribution in [0.15, 0.2) is 0 Å². The summed E-state index contributed by atoms with van der Waals surface area (Å²) in [4.78, 5) is 25.5. The normalized spacial score (nSPS) is 11.9. The maximum atomic E-state index is 11.3. The van der Waals surface area contributed by atoms with E-state index in [-0.39, 0.29) is 13.5 Å². The number of hydrogen-bond acceptors (Lipinski definition) is 3. The van der Waals surface area contributed by atoms with E-state index in [0.29, 0.717) is 13.1 Å². The number of carbonyl (C=O) groups is 2. The molecule has 0 aliphatic carbocycles. The molecule has 0 fully saturated rings. The Morgan fingerprint density at radius 2 is 1.07 bits per heavy atom. The van der Waals surface area contributed by atoms with Crippen LogP contribution >= 0.6 is 0 Å². The fourth-order valence-corrected chi connectivity index (χ4v) is 2.93. The second kappa shape index (κ2) is 12.1. The average Bonchev–Trinajstić information content (AvgIpc) is 2.42. The SMILES string of the molecule is C.CC(C)(C)N(CCCCC(N)CCCCN(C(=O)O)C(C)(C)C)C(=O)O. The molecule has 0 saturated heterocycles. The summed E-state index contributed by atoms with van der Waals surface area (Å²) in [5, 5.41) is 18.5. The second-order valence-corrected chi connectivity index (χ2v) is 8.96. The third-order valence-electron chi connectivity index (χ3n) is 4.49. The Bertz CT molecular complexity index is 401. The number of hydrogen-bond donors (Lipinski definition) is 3. The molecule has 162 valence electrons. The van der Waals surface area contributed by atoms with Gasteiger partial charge in [-0.05, 0) is 67.2 Å². The summed E-state index contributed by atoms with van der Waals surface area (Å²) in [5.74, 6) is 0. The number of nitrogens with two attached hydrogens (primary N) is 1. The molecular formula is C20H43N3O4. The van der Waals surface area contributed by atoms with Crippen molar-refractivity contribution in [1.82, 2.24) is 9.80 Å². The minimum absolute atomic E-state index is 0. The van der Waals surface area contributed by atoms with Gasteiger partial charge >= 0.3 is 12.2 Å². The van der Waals surface area contributed by atoms with Crippen molar-refractivity contribution in [2.75, 3.05) is 13.1 Å². The molecule has 7 heteroatoms. The highest BCUT2D eigenvalue weighted by Crippen LogP contribution is 2.17. The first-order chi connectivity index (χ1) is 11.8. The highest BCUT2D eigenvalue weighted by atomic mass is 16.4. The van der Waals surface area contributed by atoms with Gasteiger partial charge in [-0.1, -0.05) is 20.3 Å². The Balaban J connectivity index is 0. The maximum absolute atomic E-state index is 11.3. The topological polar surface area (TPSA) is 107 Å². The van der Waals surface area contributed by atoms with Crippen molar-refractivity contribution in [3.63, 3.8) is 0 Å². The Morgan fingerprint density at radius 1 is 0.778 bits per heavy atom. The van der Waals surface area contributed by atoms with Crippen LogP contribution in [0.4, 0.5) is 9.59 Å². The number of nitrogens with zero attached hydrogens (tertiary/aromatic N) is 2. The first kappa shape index (κ1) is 27.7. The molecule has 0 unspecified atom stereocenters. The van der Waals surface area contributed by atoms with Crippen molar-refractivity contribution in [3.8, 4) is 0 Å². The lowest BCUT2D eigenvalue weighted by Crippen LogP contribution is -2.45. The number of amides is 2. The van der Waals surface area contributed by atoms with Gasteiger partial charge < -0.3 is 25.7 Å². The molecule has 0 aromatic heterocycles. The molecule has 0 aliphatic heterocycles. The summed E-state index contributed by atoms with van der Waals surface area (Å²) in [6, 6.07) is 0.0795. The molecule has 0 aromatic carbocycles. The Kier molecular flexibility index (Phi) is 12.4. The van der Waals surface area contributed by atoms with Gasteiger partial charge in [-0.25, -0.2) is 9.59 Å². The van der Waals surface area contributed by atoms with Gasteiger partial charge in [0.05, 0.1) is 0 Å². The molecular weight excluding hydrogens is 346 g/mol. The maximum Gasteiger partial charge on any atom is 0.407 e. The third kappa shape index (κ3) is 11.7. The van der Waals surface area contributed by atoms with E-state index in [1.165, 1.54) is 9.80 Å². The molecule has 0 heterocycles. The molecule has 0 saturated carbocycles. The van der Waals surface area contributed by atoms with Crippen LogP contribution in [-0.4, -0.2) is 62.4 Å². The van der Waals surface area contributed by atoms with Crippen LogP contribution in [0.5, 0.6) is 0 Å². The van der Waals surface area contributed by atoms with E-state index in [4.69, 9.17) is 5.73 Å². The molecule has 0 spiro atoms. The smallest absolute Gasteiger partial charge is 0.407 e. The molecule has 27 heavy (non-hydrogen) atoms. The summed E-state index contributed by atoms with van der Waals surface area (Å²) in [6.07, 6.45) is 3.34. The number of rotatable bonds is 10. The molecule has 0 aliphatic rings. The predicted molar refractivity (Wildman–Crippen MR) is 111 cm³/mol. The minimum atomic E-state index is -0.886. The summed E-state index contributed by atoms with van der Waals surface area (Å²) in [7, 11) is 0. The number of unbranched alkanes of at least 4 members (excludes halogenated alkanes) is 2. The van der Waals surface area contributed by atoms with Gasteiger partial charge in [0.1, 0.15) is 0 Å². The zero-order valence-electron chi connectivity index (χ0n) is 17.4. The van der Waals surface area contributed by atoms with Crippen molar-refractivity contribution in [2.24, 2.45) is 5.73 Å². The molecule has 0 bridgehead atoms. The lowest BCUT2D eigenvalue weighted by atomic mass is 10.0. The van der Waals surface area contributed by atoms with Crippen LogP contribution in [0.25, 0.3) is 0 Å². The molecule has 0 aromatic rings. The van der Waals surface area contributed by atoms with Crippen LogP contribution in [0.1, 0.15) is 87.5 Å². The Morgan fingerprint density at radius 3 is 1.30 bits per heavy atom. The standard InChI is InChI=1S/C19H39N3O4.CH4/c1-18(2,3)21(16(23)24)13-9-7-11-15(20)12-8-10-14-22(17(25)26)19(4,5)6;/h15H,7-14,20H2,1-6H3,(H,23,24)(H,25,26);1H4. The first-order valence-electron chi connectivity index (χ1n) is 9.53. The molecule has 4 N–H and O–H groups in total. The predicted octanol–water partition coefficient (Wildman–Crippen LogP) is 4.85. The van der Waals surface area contributed by atoms with E-state index in [0.717, 1.165) is 38.5 Å². The molecule has 0 atom stereocenters. The Hall–Kier alpha value is -1.50. The summed E-state index contributed by atoms with van der Waals surface area (Å²) < 4.78 is 0. The van der Waals surface area contributed by atoms with Crippen molar-refractivity contribution in [1.29, 1.82) is 0 Å². The average molecular weight is 390 g/mol. The summed E-state index contributed by atoms with van der Waals surface area (Å²) >= 11 is 0. The van der Waals surface area contributed by atoms with Gasteiger partial charge in [0.15, 0.2) is 0 Å². The van der Waals surface area contributed by atoms with Gasteiger partial charge in [-0.2, -0.15) is 0 Å². The van der Waals surface area contributed by atoms with E-state index in [2.05, 4.69) is 0 Å². The lowest BCUT2D eigenvalue weighted by molar-refractivity contribution is 0.0982. The highest BCUT2D eigenvalue weighted by Gasteiger charge is 2.26. The van der Waals surface area contributed by atoms with Crippen LogP contribution in [0.2, 0.25) is 0 Å². The van der Waals surface area contributed by atoms with Crippen LogP contribution in [0.3, 0.4) is 0 Å². The molecule has 0 rings (SSSR count). The summed E-state index contributed by atoms with van der Waals surface area (Å²) in [5.41, 5.74) is 5.36. The largest absolute Gasteiger partial charge is 0.465 e. The van der Waals surface area contributed by atoms with Gasteiger partial charge in [0.25, 0.3) is 0 Å². The molecule has 7 nitrogen and oxygen atoms in total. The van der Waals surface area contributed by atoms with Gasteiger partial charge in [-0.15, -0.1) is 0 Å². The van der Waals surface area contributed by atoms with Crippen molar-refractivity contribution >= 4 is 12.2 Å². The fourth-order valence-electron chi connectivity index (χ4n) is 2.93. The number of carboxylic acid groups (broad SMARTS) is 2. The second-order valence-electron chi connectivity index (χ2n) is 8.96. The van der Waals surface area contributed by atoms with Crippen LogP contribution in [-0.2, 0) is 0 Å². The monoisotopic (exact) mass is 389 g/mol. The van der Waals surface area contributed by atoms with E-state index >= 15 is 0 Å². The highest BCUT2D eigenvalue weighted by molar-refractivity contribution is 5.66. The van der Waals surface area contributed by atoms with Crippen molar-refractivity contribution in [3.05, 3.63) is 0 Å². The lowest BCUT2D eigenvalue weighted by Gasteiger charge is -2.33. The van der Waals surface area contributed by atoms with E-state index < -0.39 is 23.3 Å². The third-order valence-corrected chi connectivity index (χ3v) is 4.49. The van der Waals surface area contributed by atoms with Gasteiger partial charge in [-0.3, -0.25) is 0 Å². The van der Waals surface area contributed by atoms with Crippen molar-refractivity contribution in [2.45, 2.75) is 105 Å². The Labute approximate surface area is 165 Å². The zero-order valence-corrected chi connectivity index (χ0v) is 17.4. The van der Waals surface area contributed by atoms with E-state index in [1.807, 2.05) is 41.5 Å². The molecule has 0 radical (unpaired) electrons. The quantitative estimate of drug-likeness (QED) is 0.463. The van der Waals surface area contributed by atoms with Crippen LogP contribution in [0, 0.1) is 0 Å². The fraction of sp³-hybridized carbons (Fsp3) is 0.900. The van der Waals surface area contributed by atoms with Crippen molar-refractivity contribution < 1.29 is 19.8 Å². The summed E-state index contributed by atoms with van der Waals surface area (Å²) in [6.45, 7) is 12.4. The van der Waals surface area contributed by atoms with E-state index in [1.54, 1.807) is 0 Å². The van der Waals surface area contributed by atoms with Gasteiger partial charge in [0.2, 0.25) is 0 Å². The zero-order chi connectivity index (χ0) is 20.5. The van der Waals surface area contributed by atoms with Gasteiger partial charge in [0, 0.05) is 30.2 Å². The van der Waals surface area contributed by atoms with E-state index in [9.17, 15) is 19.8 Å².